The number of oxazole rings is 1. The second kappa shape index (κ2) is 4.10. The Balaban J connectivity index is 2.15. The van der Waals surface area contributed by atoms with E-state index >= 15 is 0 Å². The Labute approximate surface area is 108 Å². The maximum Gasteiger partial charge on any atom is 0.231 e. The van der Waals surface area contributed by atoms with Crippen molar-refractivity contribution in [3.05, 3.63) is 28.8 Å². The van der Waals surface area contributed by atoms with Crippen molar-refractivity contribution in [2.24, 2.45) is 0 Å². The molecule has 0 fully saturated rings. The summed E-state index contributed by atoms with van der Waals surface area (Å²) in [6, 6.07) is 5.83. The van der Waals surface area contributed by atoms with Gasteiger partial charge in [0.2, 0.25) is 5.89 Å². The van der Waals surface area contributed by atoms with Crippen LogP contribution in [-0.4, -0.2) is 9.97 Å². The molecule has 0 bridgehead atoms. The fourth-order valence-electron chi connectivity index (χ4n) is 1.83. The molecule has 0 aromatic carbocycles. The first-order valence-corrected chi connectivity index (χ1v) is 6.61. The predicted octanol–water partition coefficient (Wildman–Crippen LogP) is 3.40. The van der Waals surface area contributed by atoms with E-state index in [0.717, 1.165) is 22.7 Å². The molecule has 0 unspecified atom stereocenters. The molecule has 0 saturated carbocycles. The standard InChI is InChI=1S/C13H13N3OS/c1-3-8-6-9(11(14)18-8)13-16-12-10(17-13)5-4-7(2)15-12/h4-6H,3,14H2,1-2H3. The van der Waals surface area contributed by atoms with Crippen molar-refractivity contribution in [2.75, 3.05) is 5.73 Å². The van der Waals surface area contributed by atoms with Gasteiger partial charge in [0.1, 0.15) is 0 Å². The average molecular weight is 259 g/mol. The number of pyridine rings is 1. The lowest BCUT2D eigenvalue weighted by Gasteiger charge is -1.90. The molecule has 92 valence electrons. The van der Waals surface area contributed by atoms with Crippen molar-refractivity contribution >= 4 is 27.6 Å². The molecule has 4 nitrogen and oxygen atoms in total. The summed E-state index contributed by atoms with van der Waals surface area (Å²) in [4.78, 5) is 9.97. The molecule has 0 aliphatic heterocycles. The molecule has 0 spiro atoms. The molecular weight excluding hydrogens is 246 g/mol. The van der Waals surface area contributed by atoms with Crippen molar-refractivity contribution in [3.8, 4) is 11.5 Å². The van der Waals surface area contributed by atoms with E-state index in [2.05, 4.69) is 16.9 Å². The molecule has 0 aliphatic carbocycles. The van der Waals surface area contributed by atoms with E-state index in [4.69, 9.17) is 10.2 Å². The van der Waals surface area contributed by atoms with Crippen LogP contribution in [0, 0.1) is 6.92 Å². The van der Waals surface area contributed by atoms with Crippen LogP contribution in [0.2, 0.25) is 0 Å². The van der Waals surface area contributed by atoms with Gasteiger partial charge >= 0.3 is 0 Å². The van der Waals surface area contributed by atoms with Crippen molar-refractivity contribution in [1.29, 1.82) is 0 Å². The Morgan fingerprint density at radius 1 is 1.33 bits per heavy atom. The molecule has 3 heterocycles. The van der Waals surface area contributed by atoms with Gasteiger partial charge in [0, 0.05) is 10.6 Å². The van der Waals surface area contributed by atoms with E-state index in [1.165, 1.54) is 4.88 Å². The van der Waals surface area contributed by atoms with Gasteiger partial charge < -0.3 is 10.2 Å². The summed E-state index contributed by atoms with van der Waals surface area (Å²) in [5.74, 6) is 0.552. The molecule has 0 amide bonds. The van der Waals surface area contributed by atoms with Crippen LogP contribution in [0.15, 0.2) is 22.6 Å². The first-order valence-electron chi connectivity index (χ1n) is 5.80. The summed E-state index contributed by atoms with van der Waals surface area (Å²) in [5, 5.41) is 0.745. The van der Waals surface area contributed by atoms with Crippen molar-refractivity contribution in [1.82, 2.24) is 9.97 Å². The Kier molecular flexibility index (Phi) is 2.56. The Hall–Kier alpha value is -1.88. The fourth-order valence-corrected chi connectivity index (χ4v) is 2.69. The highest BCUT2D eigenvalue weighted by molar-refractivity contribution is 7.16. The highest BCUT2D eigenvalue weighted by Gasteiger charge is 2.14. The number of aromatic nitrogens is 2. The summed E-state index contributed by atoms with van der Waals surface area (Å²) in [7, 11) is 0. The maximum absolute atomic E-state index is 6.00. The molecule has 3 rings (SSSR count). The highest BCUT2D eigenvalue weighted by atomic mass is 32.1. The Bertz CT molecular complexity index is 714. The van der Waals surface area contributed by atoms with Gasteiger partial charge in [0.05, 0.1) is 10.6 Å². The molecule has 5 heteroatoms. The number of aryl methyl sites for hydroxylation is 2. The Morgan fingerprint density at radius 3 is 2.89 bits per heavy atom. The lowest BCUT2D eigenvalue weighted by molar-refractivity contribution is 0.620. The normalized spacial score (nSPS) is 11.2. The maximum atomic E-state index is 6.00. The van der Waals surface area contributed by atoms with E-state index in [-0.39, 0.29) is 0 Å². The zero-order valence-corrected chi connectivity index (χ0v) is 11.0. The van der Waals surface area contributed by atoms with Gasteiger partial charge in [-0.2, -0.15) is 4.98 Å². The monoisotopic (exact) mass is 259 g/mol. The van der Waals surface area contributed by atoms with Crippen LogP contribution in [0.5, 0.6) is 0 Å². The fraction of sp³-hybridized carbons (Fsp3) is 0.231. The van der Waals surface area contributed by atoms with Crippen LogP contribution >= 0.6 is 11.3 Å². The van der Waals surface area contributed by atoms with E-state index in [1.54, 1.807) is 11.3 Å². The zero-order valence-electron chi connectivity index (χ0n) is 10.2. The van der Waals surface area contributed by atoms with Gasteiger partial charge in [0.15, 0.2) is 11.2 Å². The van der Waals surface area contributed by atoms with Crippen molar-refractivity contribution in [2.45, 2.75) is 20.3 Å². The van der Waals surface area contributed by atoms with Crippen LogP contribution < -0.4 is 5.73 Å². The third-order valence-electron chi connectivity index (χ3n) is 2.78. The first kappa shape index (κ1) is 11.2. The molecule has 0 saturated heterocycles. The topological polar surface area (TPSA) is 64.9 Å². The number of nitrogens with two attached hydrogens (primary N) is 1. The van der Waals surface area contributed by atoms with Crippen molar-refractivity contribution in [3.63, 3.8) is 0 Å². The minimum atomic E-state index is 0.552. The molecule has 0 atom stereocenters. The summed E-state index contributed by atoms with van der Waals surface area (Å²) >= 11 is 1.58. The summed E-state index contributed by atoms with van der Waals surface area (Å²) in [6.45, 7) is 4.04. The number of nitrogen functional groups attached to an aromatic ring is 1. The summed E-state index contributed by atoms with van der Waals surface area (Å²) < 4.78 is 5.70. The molecule has 3 aromatic rings. The minimum absolute atomic E-state index is 0.552. The van der Waals surface area contributed by atoms with Crippen LogP contribution in [0.1, 0.15) is 17.5 Å². The van der Waals surface area contributed by atoms with E-state index in [9.17, 15) is 0 Å². The van der Waals surface area contributed by atoms with Gasteiger partial charge in [-0.1, -0.05) is 6.92 Å². The lowest BCUT2D eigenvalue weighted by atomic mass is 10.2. The Morgan fingerprint density at radius 2 is 2.17 bits per heavy atom. The van der Waals surface area contributed by atoms with Crippen molar-refractivity contribution < 1.29 is 4.42 Å². The van der Waals surface area contributed by atoms with Gasteiger partial charge in [-0.05, 0) is 31.5 Å². The number of fused-ring (bicyclic) bond motifs is 1. The molecular formula is C13H13N3OS. The zero-order chi connectivity index (χ0) is 12.7. The second-order valence-corrected chi connectivity index (χ2v) is 5.31. The van der Waals surface area contributed by atoms with E-state index in [0.29, 0.717) is 17.1 Å². The van der Waals surface area contributed by atoms with Gasteiger partial charge in [-0.15, -0.1) is 11.3 Å². The number of hydrogen-bond acceptors (Lipinski definition) is 5. The molecule has 0 radical (unpaired) electrons. The number of thiophene rings is 1. The predicted molar refractivity (Wildman–Crippen MR) is 73.6 cm³/mol. The van der Waals surface area contributed by atoms with Crippen LogP contribution in [0.3, 0.4) is 0 Å². The summed E-state index contributed by atoms with van der Waals surface area (Å²) in [6.07, 6.45) is 0.965. The molecule has 18 heavy (non-hydrogen) atoms. The number of rotatable bonds is 2. The smallest absolute Gasteiger partial charge is 0.231 e. The average Bonchev–Trinajstić information content (AvgIpc) is 2.91. The van der Waals surface area contributed by atoms with Gasteiger partial charge in [-0.25, -0.2) is 4.98 Å². The molecule has 2 N–H and O–H groups in total. The van der Waals surface area contributed by atoms with Gasteiger partial charge in [-0.3, -0.25) is 0 Å². The summed E-state index contributed by atoms with van der Waals surface area (Å²) in [5.41, 5.74) is 9.12. The SMILES string of the molecule is CCc1cc(-c2nc3nc(C)ccc3o2)c(N)s1. The van der Waals surface area contributed by atoms with Crippen LogP contribution in [0.4, 0.5) is 5.00 Å². The van der Waals surface area contributed by atoms with E-state index < -0.39 is 0 Å². The van der Waals surface area contributed by atoms with Crippen LogP contribution in [0.25, 0.3) is 22.7 Å². The van der Waals surface area contributed by atoms with Crippen LogP contribution in [-0.2, 0) is 6.42 Å². The quantitative estimate of drug-likeness (QED) is 0.766. The third kappa shape index (κ3) is 1.76. The number of hydrogen-bond donors (Lipinski definition) is 1. The second-order valence-electron chi connectivity index (χ2n) is 4.14. The first-order chi connectivity index (χ1) is 8.67. The third-order valence-corrected chi connectivity index (χ3v) is 3.89. The largest absolute Gasteiger partial charge is 0.434 e. The number of anilines is 1. The highest BCUT2D eigenvalue weighted by Crippen LogP contribution is 2.34. The van der Waals surface area contributed by atoms with Gasteiger partial charge in [0.25, 0.3) is 0 Å². The lowest BCUT2D eigenvalue weighted by Crippen LogP contribution is -1.83. The minimum Gasteiger partial charge on any atom is -0.434 e. The van der Waals surface area contributed by atoms with E-state index in [1.807, 2.05) is 25.1 Å². The molecule has 0 aliphatic rings. The number of nitrogens with zero attached hydrogens (tertiary/aromatic N) is 2. The molecule has 3 aromatic heterocycles.